The Bertz CT molecular complexity index is 1090. The molecule has 3 aromatic rings. The molecule has 2 amide bonds. The molecule has 1 aliphatic heterocycles. The van der Waals surface area contributed by atoms with Crippen LogP contribution in [-0.2, 0) is 19.1 Å². The molecular weight excluding hydrogens is 428 g/mol. The molecule has 32 heavy (non-hydrogen) atoms. The molecule has 0 atom stereocenters. The minimum absolute atomic E-state index is 0.227. The molecule has 0 spiro atoms. The van der Waals surface area contributed by atoms with Gasteiger partial charge in [0.05, 0.1) is 11.4 Å². The van der Waals surface area contributed by atoms with Gasteiger partial charge in [-0.1, -0.05) is 54.2 Å². The second-order valence-electron chi connectivity index (χ2n) is 6.81. The third-order valence-corrected chi connectivity index (χ3v) is 5.71. The predicted octanol–water partition coefficient (Wildman–Crippen LogP) is 3.55. The summed E-state index contributed by atoms with van der Waals surface area (Å²) in [6, 6.07) is 24.0. The van der Waals surface area contributed by atoms with Crippen LogP contribution in [0.3, 0.4) is 0 Å². The third-order valence-electron chi connectivity index (χ3n) is 4.58. The lowest BCUT2D eigenvalue weighted by molar-refractivity contribution is -0.147. The zero-order chi connectivity index (χ0) is 22.3. The Morgan fingerprint density at radius 1 is 0.781 bits per heavy atom. The van der Waals surface area contributed by atoms with Gasteiger partial charge in [-0.25, -0.2) is 0 Å². The zero-order valence-corrected chi connectivity index (χ0v) is 17.8. The number of nitrogens with one attached hydrogen (secondary N) is 1. The highest BCUT2D eigenvalue weighted by atomic mass is 32.2. The van der Waals surface area contributed by atoms with E-state index in [0.717, 1.165) is 21.2 Å². The predicted molar refractivity (Wildman–Crippen MR) is 120 cm³/mol. The third kappa shape index (κ3) is 5.09. The summed E-state index contributed by atoms with van der Waals surface area (Å²) in [4.78, 5) is 40.3. The molecule has 3 aromatic carbocycles. The van der Waals surface area contributed by atoms with Gasteiger partial charge in [-0.2, -0.15) is 0 Å². The topological polar surface area (TPSA) is 84.9 Å². The molecule has 0 saturated heterocycles. The van der Waals surface area contributed by atoms with Crippen molar-refractivity contribution in [2.24, 2.45) is 0 Å². The van der Waals surface area contributed by atoms with Crippen LogP contribution >= 0.6 is 11.8 Å². The molecule has 162 valence electrons. The molecule has 7 nitrogen and oxygen atoms in total. The maximum absolute atomic E-state index is 13.0. The minimum Gasteiger partial charge on any atom is -0.484 e. The van der Waals surface area contributed by atoms with E-state index >= 15 is 0 Å². The highest BCUT2D eigenvalue weighted by Crippen LogP contribution is 2.47. The molecule has 0 saturated carbocycles. The first-order valence-corrected chi connectivity index (χ1v) is 10.7. The van der Waals surface area contributed by atoms with Crippen molar-refractivity contribution in [3.05, 3.63) is 78.9 Å². The van der Waals surface area contributed by atoms with Gasteiger partial charge in [0.25, 0.3) is 11.8 Å². The van der Waals surface area contributed by atoms with Gasteiger partial charge in [-0.3, -0.25) is 19.3 Å². The van der Waals surface area contributed by atoms with Crippen LogP contribution in [0.25, 0.3) is 0 Å². The van der Waals surface area contributed by atoms with Gasteiger partial charge in [0.1, 0.15) is 12.3 Å². The Morgan fingerprint density at radius 3 is 2.03 bits per heavy atom. The summed E-state index contributed by atoms with van der Waals surface area (Å²) in [5.41, 5.74) is 1.48. The van der Waals surface area contributed by atoms with Crippen LogP contribution in [0.15, 0.2) is 88.7 Å². The number of para-hydroxylation sites is 3. The van der Waals surface area contributed by atoms with Gasteiger partial charge in [0.2, 0.25) is 0 Å². The SMILES string of the molecule is O=C(COc1ccccc1)NCC(=O)OCC(=O)N1c2ccccc2Sc2ccccc21. The average molecular weight is 449 g/mol. The minimum atomic E-state index is -0.709. The second kappa shape index (κ2) is 10.0. The Labute approximate surface area is 189 Å². The first-order chi connectivity index (χ1) is 15.6. The Hall–Kier alpha value is -3.78. The summed E-state index contributed by atoms with van der Waals surface area (Å²) < 4.78 is 10.4. The van der Waals surface area contributed by atoms with E-state index in [2.05, 4.69) is 5.32 Å². The van der Waals surface area contributed by atoms with E-state index in [1.165, 1.54) is 0 Å². The first kappa shape index (κ1) is 21.5. The van der Waals surface area contributed by atoms with Gasteiger partial charge in [-0.15, -0.1) is 0 Å². The number of nitrogens with zero attached hydrogens (tertiary/aromatic N) is 1. The highest BCUT2D eigenvalue weighted by molar-refractivity contribution is 7.99. The number of anilines is 2. The fourth-order valence-electron chi connectivity index (χ4n) is 3.12. The molecule has 1 heterocycles. The van der Waals surface area contributed by atoms with Gasteiger partial charge in [0.15, 0.2) is 13.2 Å². The Morgan fingerprint density at radius 2 is 1.38 bits per heavy atom. The lowest BCUT2D eigenvalue weighted by Crippen LogP contribution is -2.36. The molecular formula is C24H20N2O5S. The average Bonchev–Trinajstić information content (AvgIpc) is 2.83. The maximum Gasteiger partial charge on any atom is 0.325 e. The molecule has 0 fully saturated rings. The molecule has 1 aliphatic rings. The largest absolute Gasteiger partial charge is 0.484 e. The molecule has 0 aliphatic carbocycles. The van der Waals surface area contributed by atoms with Gasteiger partial charge < -0.3 is 14.8 Å². The number of amides is 2. The summed E-state index contributed by atoms with van der Waals surface area (Å²) in [6.45, 7) is -1.02. The number of esters is 1. The summed E-state index contributed by atoms with van der Waals surface area (Å²) in [5, 5.41) is 2.42. The van der Waals surface area contributed by atoms with Gasteiger partial charge in [-0.05, 0) is 36.4 Å². The molecule has 4 rings (SSSR count). The van der Waals surface area contributed by atoms with Crippen LogP contribution in [0.4, 0.5) is 11.4 Å². The summed E-state index contributed by atoms with van der Waals surface area (Å²) in [7, 11) is 0. The van der Waals surface area contributed by atoms with Crippen molar-refractivity contribution in [2.75, 3.05) is 24.7 Å². The Balaban J connectivity index is 1.30. The van der Waals surface area contributed by atoms with Crippen molar-refractivity contribution in [1.82, 2.24) is 5.32 Å². The number of hydrogen-bond acceptors (Lipinski definition) is 6. The first-order valence-electron chi connectivity index (χ1n) is 9.91. The molecule has 8 heteroatoms. The van der Waals surface area contributed by atoms with Crippen molar-refractivity contribution in [1.29, 1.82) is 0 Å². The number of fused-ring (bicyclic) bond motifs is 2. The number of rotatable bonds is 7. The fraction of sp³-hybridized carbons (Fsp3) is 0.125. The lowest BCUT2D eigenvalue weighted by atomic mass is 10.2. The quantitative estimate of drug-likeness (QED) is 0.557. The maximum atomic E-state index is 13.0. The molecule has 0 aromatic heterocycles. The van der Waals surface area contributed by atoms with Crippen LogP contribution in [0.5, 0.6) is 5.75 Å². The van der Waals surface area contributed by atoms with E-state index in [-0.39, 0.29) is 19.1 Å². The number of hydrogen-bond donors (Lipinski definition) is 1. The van der Waals surface area contributed by atoms with Crippen molar-refractivity contribution >= 4 is 40.9 Å². The van der Waals surface area contributed by atoms with Gasteiger partial charge >= 0.3 is 5.97 Å². The monoisotopic (exact) mass is 448 g/mol. The molecule has 0 unspecified atom stereocenters. The number of carbonyl (C=O) groups is 3. The van der Waals surface area contributed by atoms with Crippen LogP contribution in [0.1, 0.15) is 0 Å². The molecule has 0 bridgehead atoms. The van der Waals surface area contributed by atoms with Crippen LogP contribution in [-0.4, -0.2) is 37.5 Å². The van der Waals surface area contributed by atoms with E-state index in [1.54, 1.807) is 40.9 Å². The lowest BCUT2D eigenvalue weighted by Gasteiger charge is -2.30. The van der Waals surface area contributed by atoms with Crippen LogP contribution in [0.2, 0.25) is 0 Å². The zero-order valence-electron chi connectivity index (χ0n) is 17.0. The normalized spacial score (nSPS) is 11.7. The summed E-state index contributed by atoms with van der Waals surface area (Å²) in [5.74, 6) is -0.999. The number of ether oxygens (including phenoxy) is 2. The van der Waals surface area contributed by atoms with Crippen molar-refractivity contribution in [3.8, 4) is 5.75 Å². The van der Waals surface area contributed by atoms with Crippen LogP contribution < -0.4 is 15.0 Å². The summed E-state index contributed by atoms with van der Waals surface area (Å²) >= 11 is 1.58. The number of benzene rings is 3. The van der Waals surface area contributed by atoms with Crippen molar-refractivity contribution in [3.63, 3.8) is 0 Å². The van der Waals surface area contributed by atoms with Crippen molar-refractivity contribution in [2.45, 2.75) is 9.79 Å². The van der Waals surface area contributed by atoms with E-state index < -0.39 is 18.5 Å². The van der Waals surface area contributed by atoms with E-state index in [0.29, 0.717) is 5.75 Å². The summed E-state index contributed by atoms with van der Waals surface area (Å²) in [6.07, 6.45) is 0. The fourth-order valence-corrected chi connectivity index (χ4v) is 4.18. The van der Waals surface area contributed by atoms with Crippen LogP contribution in [0, 0.1) is 0 Å². The standard InChI is InChI=1S/C24H20N2O5S/c27-22(15-30-17-8-2-1-3-9-17)25-14-24(29)31-16-23(28)26-18-10-4-6-12-20(18)32-21-13-7-5-11-19(21)26/h1-13H,14-16H2,(H,25,27). The van der Waals surface area contributed by atoms with E-state index in [9.17, 15) is 14.4 Å². The van der Waals surface area contributed by atoms with E-state index in [1.807, 2.05) is 54.6 Å². The second-order valence-corrected chi connectivity index (χ2v) is 7.89. The Kier molecular flexibility index (Phi) is 6.72. The molecule has 1 N–H and O–H groups in total. The van der Waals surface area contributed by atoms with Gasteiger partial charge in [0, 0.05) is 9.79 Å². The smallest absolute Gasteiger partial charge is 0.325 e. The van der Waals surface area contributed by atoms with E-state index in [4.69, 9.17) is 9.47 Å². The highest BCUT2D eigenvalue weighted by Gasteiger charge is 2.28. The number of carbonyl (C=O) groups excluding carboxylic acids is 3. The van der Waals surface area contributed by atoms with Crippen molar-refractivity contribution < 1.29 is 23.9 Å². The molecule has 0 radical (unpaired) electrons.